The first-order valence-electron chi connectivity index (χ1n) is 5.66. The fourth-order valence-corrected chi connectivity index (χ4v) is 2.49. The summed E-state index contributed by atoms with van der Waals surface area (Å²) in [7, 11) is -4.01. The van der Waals surface area contributed by atoms with Crippen molar-refractivity contribution in [3.63, 3.8) is 0 Å². The molecule has 3 nitrogen and oxygen atoms in total. The van der Waals surface area contributed by atoms with E-state index in [0.717, 1.165) is 5.56 Å². The van der Waals surface area contributed by atoms with Gasteiger partial charge in [0.2, 0.25) is 0 Å². The van der Waals surface area contributed by atoms with Crippen molar-refractivity contribution in [1.82, 2.24) is 0 Å². The van der Waals surface area contributed by atoms with Gasteiger partial charge in [0, 0.05) is 0 Å². The smallest absolute Gasteiger partial charge is 0.339 e. The molecule has 19 heavy (non-hydrogen) atoms. The molecule has 0 fully saturated rings. The van der Waals surface area contributed by atoms with Crippen LogP contribution in [0.3, 0.4) is 0 Å². The van der Waals surface area contributed by atoms with Gasteiger partial charge in [-0.1, -0.05) is 29.8 Å². The van der Waals surface area contributed by atoms with Crippen LogP contribution in [0.4, 0.5) is 4.39 Å². The van der Waals surface area contributed by atoms with E-state index in [2.05, 4.69) is 0 Å². The summed E-state index contributed by atoms with van der Waals surface area (Å²) < 4.78 is 42.5. The highest BCUT2D eigenvalue weighted by Crippen LogP contribution is 2.24. The molecule has 0 N–H and O–H groups in total. The minimum atomic E-state index is -4.01. The van der Waals surface area contributed by atoms with Crippen molar-refractivity contribution in [2.45, 2.75) is 18.7 Å². The van der Waals surface area contributed by atoms with Crippen molar-refractivity contribution >= 4 is 10.1 Å². The predicted molar refractivity (Wildman–Crippen MR) is 70.1 cm³/mol. The summed E-state index contributed by atoms with van der Waals surface area (Å²) in [6.07, 6.45) is 0. The van der Waals surface area contributed by atoms with Crippen LogP contribution in [0, 0.1) is 19.7 Å². The number of aryl methyl sites for hydroxylation is 2. The van der Waals surface area contributed by atoms with Gasteiger partial charge in [-0.15, -0.1) is 0 Å². The predicted octanol–water partition coefficient (Wildman–Crippen LogP) is 3.21. The van der Waals surface area contributed by atoms with Crippen molar-refractivity contribution in [2.24, 2.45) is 0 Å². The second-order valence-corrected chi connectivity index (χ2v) is 5.78. The average Bonchev–Trinajstić information content (AvgIpc) is 2.35. The van der Waals surface area contributed by atoms with Crippen LogP contribution in [0.5, 0.6) is 5.75 Å². The van der Waals surface area contributed by atoms with Gasteiger partial charge in [0.05, 0.1) is 0 Å². The Morgan fingerprint density at radius 1 is 1.00 bits per heavy atom. The Bertz CT molecular complexity index is 691. The molecule has 0 aliphatic heterocycles. The molecule has 5 heteroatoms. The fourth-order valence-electron chi connectivity index (χ4n) is 1.56. The molecule has 0 spiro atoms. The van der Waals surface area contributed by atoms with E-state index >= 15 is 0 Å². The molecule has 0 radical (unpaired) electrons. The standard InChI is InChI=1S/C14H13FO3S/c1-10-6-8-12(9-7-10)19(16,17)18-13-5-3-4-11(2)14(13)15/h3-9H,1-2H3. The minimum absolute atomic E-state index is 0.000920. The molecule has 0 heterocycles. The van der Waals surface area contributed by atoms with E-state index in [-0.39, 0.29) is 10.6 Å². The lowest BCUT2D eigenvalue weighted by Crippen LogP contribution is -2.11. The number of hydrogen-bond donors (Lipinski definition) is 0. The van der Waals surface area contributed by atoms with Gasteiger partial charge < -0.3 is 4.18 Å². The summed E-state index contributed by atoms with van der Waals surface area (Å²) >= 11 is 0. The number of benzene rings is 2. The molecule has 0 aromatic heterocycles. The lowest BCUT2D eigenvalue weighted by Gasteiger charge is -2.09. The molecule has 0 bridgehead atoms. The third kappa shape index (κ3) is 2.93. The number of rotatable bonds is 3. The van der Waals surface area contributed by atoms with E-state index in [0.29, 0.717) is 5.56 Å². The summed E-state index contributed by atoms with van der Waals surface area (Å²) in [5.41, 5.74) is 1.26. The largest absolute Gasteiger partial charge is 0.376 e. The fraction of sp³-hybridized carbons (Fsp3) is 0.143. The SMILES string of the molecule is Cc1ccc(S(=O)(=O)Oc2cccc(C)c2F)cc1. The van der Waals surface area contributed by atoms with E-state index in [1.807, 2.05) is 6.92 Å². The van der Waals surface area contributed by atoms with Crippen LogP contribution in [0.2, 0.25) is 0 Å². The summed E-state index contributed by atoms with van der Waals surface area (Å²) in [5.74, 6) is -0.959. The van der Waals surface area contributed by atoms with Gasteiger partial charge in [-0.05, 0) is 37.6 Å². The van der Waals surface area contributed by atoms with Gasteiger partial charge in [0.1, 0.15) is 4.90 Å². The first-order valence-corrected chi connectivity index (χ1v) is 7.07. The van der Waals surface area contributed by atoms with Gasteiger partial charge >= 0.3 is 10.1 Å². The van der Waals surface area contributed by atoms with E-state index in [9.17, 15) is 12.8 Å². The zero-order valence-electron chi connectivity index (χ0n) is 10.6. The maximum absolute atomic E-state index is 13.7. The zero-order chi connectivity index (χ0) is 14.0. The van der Waals surface area contributed by atoms with Crippen LogP contribution < -0.4 is 4.18 Å². The maximum Gasteiger partial charge on any atom is 0.339 e. The zero-order valence-corrected chi connectivity index (χ0v) is 11.4. The topological polar surface area (TPSA) is 43.4 Å². The molecule has 0 amide bonds. The molecule has 2 aromatic rings. The molecule has 0 saturated heterocycles. The monoisotopic (exact) mass is 280 g/mol. The molecule has 100 valence electrons. The van der Waals surface area contributed by atoms with Gasteiger partial charge in [0.25, 0.3) is 0 Å². The van der Waals surface area contributed by atoms with Crippen molar-refractivity contribution in [1.29, 1.82) is 0 Å². The highest BCUT2D eigenvalue weighted by atomic mass is 32.2. The second-order valence-electron chi connectivity index (χ2n) is 4.24. The summed E-state index contributed by atoms with van der Waals surface area (Å²) in [6, 6.07) is 10.5. The van der Waals surface area contributed by atoms with E-state index < -0.39 is 15.9 Å². The Balaban J connectivity index is 2.36. The van der Waals surface area contributed by atoms with Gasteiger partial charge in [0.15, 0.2) is 11.6 Å². The quantitative estimate of drug-likeness (QED) is 0.811. The van der Waals surface area contributed by atoms with Crippen molar-refractivity contribution in [3.8, 4) is 5.75 Å². The van der Waals surface area contributed by atoms with Gasteiger partial charge in [-0.2, -0.15) is 8.42 Å². The van der Waals surface area contributed by atoms with Crippen LogP contribution in [-0.4, -0.2) is 8.42 Å². The Morgan fingerprint density at radius 2 is 1.63 bits per heavy atom. The Morgan fingerprint density at radius 3 is 2.26 bits per heavy atom. The molecule has 2 aromatic carbocycles. The van der Waals surface area contributed by atoms with Crippen molar-refractivity contribution < 1.29 is 17.0 Å². The van der Waals surface area contributed by atoms with E-state index in [4.69, 9.17) is 4.18 Å². The third-order valence-corrected chi connectivity index (χ3v) is 3.91. The summed E-state index contributed by atoms with van der Waals surface area (Å²) in [5, 5.41) is 0. The van der Waals surface area contributed by atoms with Crippen LogP contribution in [-0.2, 0) is 10.1 Å². The minimum Gasteiger partial charge on any atom is -0.376 e. The van der Waals surface area contributed by atoms with Crippen LogP contribution >= 0.6 is 0 Å². The first kappa shape index (κ1) is 13.5. The number of halogens is 1. The Labute approximate surface area is 111 Å². The molecule has 0 atom stereocenters. The average molecular weight is 280 g/mol. The molecule has 0 aliphatic carbocycles. The van der Waals surface area contributed by atoms with Crippen LogP contribution in [0.25, 0.3) is 0 Å². The van der Waals surface area contributed by atoms with Crippen molar-refractivity contribution in [2.75, 3.05) is 0 Å². The lowest BCUT2D eigenvalue weighted by molar-refractivity contribution is 0.460. The molecule has 0 aliphatic rings. The van der Waals surface area contributed by atoms with Crippen molar-refractivity contribution in [3.05, 3.63) is 59.4 Å². The summed E-state index contributed by atoms with van der Waals surface area (Å²) in [4.78, 5) is -0.000920. The van der Waals surface area contributed by atoms with E-state index in [1.165, 1.54) is 18.2 Å². The van der Waals surface area contributed by atoms with Crippen LogP contribution in [0.15, 0.2) is 47.4 Å². The van der Waals surface area contributed by atoms with Gasteiger partial charge in [-0.25, -0.2) is 4.39 Å². The van der Waals surface area contributed by atoms with E-state index in [1.54, 1.807) is 31.2 Å². The highest BCUT2D eigenvalue weighted by molar-refractivity contribution is 7.87. The maximum atomic E-state index is 13.7. The Hall–Kier alpha value is -1.88. The van der Waals surface area contributed by atoms with Gasteiger partial charge in [-0.3, -0.25) is 0 Å². The number of hydrogen-bond acceptors (Lipinski definition) is 3. The third-order valence-electron chi connectivity index (χ3n) is 2.67. The normalized spacial score (nSPS) is 11.3. The Kier molecular flexibility index (Phi) is 3.57. The molecular weight excluding hydrogens is 267 g/mol. The summed E-state index contributed by atoms with van der Waals surface area (Å²) in [6.45, 7) is 3.39. The molecule has 0 saturated carbocycles. The highest BCUT2D eigenvalue weighted by Gasteiger charge is 2.19. The molecular formula is C14H13FO3S. The van der Waals surface area contributed by atoms with Crippen LogP contribution in [0.1, 0.15) is 11.1 Å². The first-order chi connectivity index (χ1) is 8.90. The molecule has 0 unspecified atom stereocenters. The lowest BCUT2D eigenvalue weighted by atomic mass is 10.2. The second kappa shape index (κ2) is 5.01. The molecule has 2 rings (SSSR count).